The van der Waals surface area contributed by atoms with E-state index in [1.807, 2.05) is 0 Å². The standard InChI is InChI=1S/C9H10N4O3/c10-5-7-8(13(14)15)6-12(11-7)9-3-1-2-4-16-9/h6,9H,1-4H2. The molecule has 1 unspecified atom stereocenters. The van der Waals surface area contributed by atoms with Gasteiger partial charge in [-0.2, -0.15) is 10.4 Å². The molecule has 0 N–H and O–H groups in total. The maximum Gasteiger partial charge on any atom is 0.325 e. The second-order valence-electron chi connectivity index (χ2n) is 3.53. The van der Waals surface area contributed by atoms with Crippen molar-refractivity contribution in [3.05, 3.63) is 22.0 Å². The van der Waals surface area contributed by atoms with E-state index in [1.54, 1.807) is 6.07 Å². The van der Waals surface area contributed by atoms with Gasteiger partial charge < -0.3 is 4.74 Å². The summed E-state index contributed by atoms with van der Waals surface area (Å²) in [6.45, 7) is 0.625. The van der Waals surface area contributed by atoms with Crippen molar-refractivity contribution in [3.63, 3.8) is 0 Å². The summed E-state index contributed by atoms with van der Waals surface area (Å²) in [4.78, 5) is 10.0. The van der Waals surface area contributed by atoms with Crippen molar-refractivity contribution in [2.24, 2.45) is 0 Å². The van der Waals surface area contributed by atoms with Crippen LogP contribution < -0.4 is 0 Å². The van der Waals surface area contributed by atoms with Crippen LogP contribution in [0.5, 0.6) is 0 Å². The molecule has 2 rings (SSSR count). The van der Waals surface area contributed by atoms with Gasteiger partial charge in [-0.15, -0.1) is 0 Å². The van der Waals surface area contributed by atoms with Gasteiger partial charge in [-0.3, -0.25) is 10.1 Å². The predicted molar refractivity (Wildman–Crippen MR) is 52.4 cm³/mol. The molecular weight excluding hydrogens is 212 g/mol. The minimum absolute atomic E-state index is 0.167. The fraction of sp³-hybridized carbons (Fsp3) is 0.556. The Hall–Kier alpha value is -1.94. The average molecular weight is 222 g/mol. The maximum absolute atomic E-state index is 10.6. The van der Waals surface area contributed by atoms with Crippen LogP contribution in [-0.2, 0) is 4.74 Å². The molecule has 7 heteroatoms. The molecule has 1 fully saturated rings. The van der Waals surface area contributed by atoms with Gasteiger partial charge in [0.25, 0.3) is 0 Å². The van der Waals surface area contributed by atoms with Gasteiger partial charge in [-0.05, 0) is 19.3 Å². The molecule has 7 nitrogen and oxygen atoms in total. The fourth-order valence-corrected chi connectivity index (χ4v) is 1.68. The van der Waals surface area contributed by atoms with Crippen LogP contribution in [0, 0.1) is 21.4 Å². The van der Waals surface area contributed by atoms with Gasteiger partial charge in [0.1, 0.15) is 18.5 Å². The molecule has 0 amide bonds. The first-order valence-corrected chi connectivity index (χ1v) is 4.97. The number of hydrogen-bond donors (Lipinski definition) is 0. The second kappa shape index (κ2) is 4.28. The van der Waals surface area contributed by atoms with Gasteiger partial charge in [0.2, 0.25) is 5.69 Å². The van der Waals surface area contributed by atoms with E-state index in [4.69, 9.17) is 10.00 Å². The summed E-state index contributed by atoms with van der Waals surface area (Å²) >= 11 is 0. The second-order valence-corrected chi connectivity index (χ2v) is 3.53. The van der Waals surface area contributed by atoms with Crippen molar-refractivity contribution in [3.8, 4) is 6.07 Å². The van der Waals surface area contributed by atoms with E-state index in [0.717, 1.165) is 19.3 Å². The summed E-state index contributed by atoms with van der Waals surface area (Å²) in [6, 6.07) is 1.71. The molecule has 0 aliphatic carbocycles. The number of nitro groups is 1. The molecule has 0 aromatic carbocycles. The highest BCUT2D eigenvalue weighted by molar-refractivity contribution is 5.41. The van der Waals surface area contributed by atoms with Crippen LogP contribution in [0.1, 0.15) is 31.2 Å². The Morgan fingerprint density at radius 3 is 3.00 bits per heavy atom. The quantitative estimate of drug-likeness (QED) is 0.556. The molecule has 2 heterocycles. The zero-order valence-electron chi connectivity index (χ0n) is 8.50. The number of aromatic nitrogens is 2. The highest BCUT2D eigenvalue weighted by atomic mass is 16.6. The molecule has 16 heavy (non-hydrogen) atoms. The molecule has 1 aliphatic heterocycles. The Morgan fingerprint density at radius 1 is 1.69 bits per heavy atom. The van der Waals surface area contributed by atoms with E-state index in [9.17, 15) is 10.1 Å². The molecule has 84 valence electrons. The Labute approximate surface area is 91.4 Å². The van der Waals surface area contributed by atoms with Gasteiger partial charge in [0.15, 0.2) is 0 Å². The van der Waals surface area contributed by atoms with Crippen LogP contribution in [-0.4, -0.2) is 21.3 Å². The number of nitrogens with zero attached hydrogens (tertiary/aromatic N) is 4. The van der Waals surface area contributed by atoms with E-state index in [2.05, 4.69) is 5.10 Å². The van der Waals surface area contributed by atoms with Gasteiger partial charge >= 0.3 is 5.69 Å². The zero-order chi connectivity index (χ0) is 11.5. The van der Waals surface area contributed by atoms with E-state index >= 15 is 0 Å². The number of rotatable bonds is 2. The number of nitriles is 1. The lowest BCUT2D eigenvalue weighted by Gasteiger charge is -2.22. The van der Waals surface area contributed by atoms with E-state index < -0.39 is 4.92 Å². The summed E-state index contributed by atoms with van der Waals surface area (Å²) in [7, 11) is 0. The van der Waals surface area contributed by atoms with Gasteiger partial charge in [-0.1, -0.05) is 0 Å². The maximum atomic E-state index is 10.6. The summed E-state index contributed by atoms with van der Waals surface area (Å²) in [5.74, 6) is 0. The lowest BCUT2D eigenvalue weighted by molar-refractivity contribution is -0.385. The molecule has 0 bridgehead atoms. The molecular formula is C9H10N4O3. The first-order chi connectivity index (χ1) is 7.72. The lowest BCUT2D eigenvalue weighted by atomic mass is 10.2. The molecule has 1 saturated heterocycles. The summed E-state index contributed by atoms with van der Waals surface area (Å²) in [6.07, 6.45) is 3.73. The van der Waals surface area contributed by atoms with Crippen molar-refractivity contribution in [1.29, 1.82) is 5.26 Å². The molecule has 1 atom stereocenters. The lowest BCUT2D eigenvalue weighted by Crippen LogP contribution is -2.18. The summed E-state index contributed by atoms with van der Waals surface area (Å²) < 4.78 is 6.80. The van der Waals surface area contributed by atoms with Crippen molar-refractivity contribution < 1.29 is 9.66 Å². The Bertz CT molecular complexity index is 442. The normalized spacial score (nSPS) is 20.3. The van der Waals surface area contributed by atoms with Crippen molar-refractivity contribution in [1.82, 2.24) is 9.78 Å². The van der Waals surface area contributed by atoms with Crippen LogP contribution in [0.4, 0.5) is 5.69 Å². The van der Waals surface area contributed by atoms with Gasteiger partial charge in [-0.25, -0.2) is 4.68 Å². The largest absolute Gasteiger partial charge is 0.357 e. The molecule has 0 spiro atoms. The Kier molecular flexibility index (Phi) is 2.83. The molecule has 0 saturated carbocycles. The monoisotopic (exact) mass is 222 g/mol. The zero-order valence-corrected chi connectivity index (χ0v) is 8.50. The fourth-order valence-electron chi connectivity index (χ4n) is 1.68. The third-order valence-corrected chi connectivity index (χ3v) is 2.47. The molecule has 1 aromatic heterocycles. The van der Waals surface area contributed by atoms with Crippen LogP contribution in [0.2, 0.25) is 0 Å². The molecule has 1 aromatic rings. The highest BCUT2D eigenvalue weighted by Gasteiger charge is 2.24. The number of hydrogen-bond acceptors (Lipinski definition) is 5. The van der Waals surface area contributed by atoms with Crippen LogP contribution in [0.25, 0.3) is 0 Å². The van der Waals surface area contributed by atoms with Crippen molar-refractivity contribution in [2.45, 2.75) is 25.5 Å². The molecule has 1 aliphatic rings. The van der Waals surface area contributed by atoms with Gasteiger partial charge in [0, 0.05) is 6.61 Å². The first kappa shape index (κ1) is 10.6. The highest BCUT2D eigenvalue weighted by Crippen LogP contribution is 2.25. The smallest absolute Gasteiger partial charge is 0.325 e. The van der Waals surface area contributed by atoms with Crippen molar-refractivity contribution >= 4 is 5.69 Å². The van der Waals surface area contributed by atoms with Gasteiger partial charge in [0.05, 0.1) is 4.92 Å². The van der Waals surface area contributed by atoms with Crippen LogP contribution in [0.3, 0.4) is 0 Å². The Morgan fingerprint density at radius 2 is 2.50 bits per heavy atom. The summed E-state index contributed by atoms with van der Waals surface area (Å²) in [5, 5.41) is 23.2. The summed E-state index contributed by atoms with van der Waals surface area (Å²) in [5.41, 5.74) is -0.434. The van der Waals surface area contributed by atoms with E-state index in [1.165, 1.54) is 10.9 Å². The number of ether oxygens (including phenoxy) is 1. The van der Waals surface area contributed by atoms with Crippen molar-refractivity contribution in [2.75, 3.05) is 6.61 Å². The Balaban J connectivity index is 2.28. The van der Waals surface area contributed by atoms with E-state index in [-0.39, 0.29) is 17.6 Å². The third-order valence-electron chi connectivity index (χ3n) is 2.47. The predicted octanol–water partition coefficient (Wildman–Crippen LogP) is 1.36. The van der Waals surface area contributed by atoms with Crippen LogP contribution >= 0.6 is 0 Å². The molecule has 0 radical (unpaired) electrons. The first-order valence-electron chi connectivity index (χ1n) is 4.97. The van der Waals surface area contributed by atoms with E-state index in [0.29, 0.717) is 6.61 Å². The minimum atomic E-state index is -0.606. The average Bonchev–Trinajstić information content (AvgIpc) is 2.74. The minimum Gasteiger partial charge on any atom is -0.357 e. The third kappa shape index (κ3) is 1.87. The van der Waals surface area contributed by atoms with Crippen LogP contribution in [0.15, 0.2) is 6.20 Å². The topological polar surface area (TPSA) is 94.0 Å². The SMILES string of the molecule is N#Cc1nn(C2CCCCO2)cc1[N+](=O)[O-].